The van der Waals surface area contributed by atoms with Crippen LogP contribution in [0, 0.1) is 0 Å². The largest absolute Gasteiger partial charge is 0.481 e. The second-order valence-electron chi connectivity index (χ2n) is 13.6. The molecule has 0 aromatic carbocycles. The molecule has 0 aromatic heterocycles. The fourth-order valence-electron chi connectivity index (χ4n) is 5.75. The van der Waals surface area contributed by atoms with Crippen LogP contribution in [0.25, 0.3) is 0 Å². The zero-order chi connectivity index (χ0) is 34.0. The van der Waals surface area contributed by atoms with Crippen molar-refractivity contribution < 1.29 is 19.8 Å². The van der Waals surface area contributed by atoms with Crippen molar-refractivity contribution in [2.24, 2.45) is 0 Å². The highest BCUT2D eigenvalue weighted by atomic mass is 16.4. The number of rotatable bonds is 30. The lowest BCUT2D eigenvalue weighted by molar-refractivity contribution is -0.138. The third-order valence-electron chi connectivity index (χ3n) is 8.80. The Hall–Kier alpha value is -1.58. The molecule has 1 aliphatic carbocycles. The number of carboxylic acid groups (broad SMARTS) is 2. The van der Waals surface area contributed by atoms with Crippen molar-refractivity contribution in [2.45, 2.75) is 232 Å². The molecule has 0 spiro atoms. The summed E-state index contributed by atoms with van der Waals surface area (Å²) >= 11 is 0. The second kappa shape index (κ2) is 43.4. The molecule has 272 valence electrons. The first-order chi connectivity index (χ1) is 22.5. The molecular formula is C42H80O4. The molecule has 1 rings (SSSR count). The van der Waals surface area contributed by atoms with Crippen molar-refractivity contribution in [1.29, 1.82) is 0 Å². The molecule has 0 bridgehead atoms. The van der Waals surface area contributed by atoms with E-state index in [9.17, 15) is 9.59 Å². The lowest BCUT2D eigenvalue weighted by Gasteiger charge is -2.05. The van der Waals surface area contributed by atoms with E-state index in [0.29, 0.717) is 12.8 Å². The quantitative estimate of drug-likeness (QED) is 0.0600. The summed E-state index contributed by atoms with van der Waals surface area (Å²) in [5, 5.41) is 17.0. The Morgan fingerprint density at radius 1 is 0.370 bits per heavy atom. The number of hydrogen-bond acceptors (Lipinski definition) is 2. The second-order valence-corrected chi connectivity index (χ2v) is 13.6. The maximum atomic E-state index is 10.3. The Balaban J connectivity index is 0. The van der Waals surface area contributed by atoms with Gasteiger partial charge >= 0.3 is 11.9 Å². The summed E-state index contributed by atoms with van der Waals surface area (Å²) in [6.07, 6.45) is 51.5. The predicted octanol–water partition coefficient (Wildman–Crippen LogP) is 14.6. The van der Waals surface area contributed by atoms with Crippen LogP contribution in [0.3, 0.4) is 0 Å². The molecule has 0 heterocycles. The van der Waals surface area contributed by atoms with Crippen molar-refractivity contribution in [3.63, 3.8) is 0 Å². The highest BCUT2D eigenvalue weighted by molar-refractivity contribution is 5.66. The topological polar surface area (TPSA) is 74.6 Å². The maximum Gasteiger partial charge on any atom is 0.303 e. The number of unbranched alkanes of at least 4 members (excludes halogenated alkanes) is 22. The number of hydrogen-bond donors (Lipinski definition) is 2. The fourth-order valence-corrected chi connectivity index (χ4v) is 5.75. The smallest absolute Gasteiger partial charge is 0.303 e. The normalized spacial score (nSPS) is 12.9. The van der Waals surface area contributed by atoms with E-state index in [1.165, 1.54) is 180 Å². The zero-order valence-corrected chi connectivity index (χ0v) is 31.1. The highest BCUT2D eigenvalue weighted by Gasteiger charge is 1.97. The van der Waals surface area contributed by atoms with E-state index in [1.54, 1.807) is 0 Å². The minimum Gasteiger partial charge on any atom is -0.481 e. The molecule has 0 saturated heterocycles. The van der Waals surface area contributed by atoms with Gasteiger partial charge in [0.1, 0.15) is 0 Å². The van der Waals surface area contributed by atoms with E-state index in [1.807, 2.05) is 0 Å². The molecule has 0 aliphatic heterocycles. The average Bonchev–Trinajstić information content (AvgIpc) is 3.06. The molecule has 0 aromatic rings. The predicted molar refractivity (Wildman–Crippen MR) is 202 cm³/mol. The average molecular weight is 649 g/mol. The Morgan fingerprint density at radius 2 is 0.587 bits per heavy atom. The van der Waals surface area contributed by atoms with Crippen LogP contribution in [-0.2, 0) is 9.59 Å². The molecular weight excluding hydrogens is 568 g/mol. The number of carbonyl (C=O) groups is 2. The summed E-state index contributed by atoms with van der Waals surface area (Å²) in [5.41, 5.74) is 0. The van der Waals surface area contributed by atoms with Gasteiger partial charge in [-0.1, -0.05) is 179 Å². The van der Waals surface area contributed by atoms with Gasteiger partial charge in [-0.3, -0.25) is 9.59 Å². The summed E-state index contributed by atoms with van der Waals surface area (Å²) in [5.74, 6) is -1.33. The van der Waals surface area contributed by atoms with Gasteiger partial charge < -0.3 is 10.2 Å². The lowest BCUT2D eigenvalue weighted by Crippen LogP contribution is -1.93. The van der Waals surface area contributed by atoms with E-state index in [2.05, 4.69) is 38.2 Å². The molecule has 0 atom stereocenters. The van der Waals surface area contributed by atoms with Crippen LogP contribution in [0.1, 0.15) is 232 Å². The Labute approximate surface area is 287 Å². The maximum absolute atomic E-state index is 10.3. The molecule has 0 unspecified atom stereocenters. The lowest BCUT2D eigenvalue weighted by atomic mass is 10.0. The van der Waals surface area contributed by atoms with Crippen LogP contribution in [0.4, 0.5) is 0 Å². The van der Waals surface area contributed by atoms with Gasteiger partial charge in [0.25, 0.3) is 0 Å². The number of aliphatic carboxylic acids is 2. The van der Waals surface area contributed by atoms with Crippen LogP contribution < -0.4 is 0 Å². The standard InChI is InChI=1S/2C18H34O2.C6H12/c2*1-2-3-4-5-6-7-8-9-10-11-12-13-14-15-16-17-18(19)20;1-2-4-6-5-3-1/h2*9-10H,2-8,11-17H2,1H3,(H,19,20);1-6H2/b2*10-9-;. The van der Waals surface area contributed by atoms with Gasteiger partial charge in [-0.25, -0.2) is 0 Å². The van der Waals surface area contributed by atoms with Crippen molar-refractivity contribution >= 4 is 11.9 Å². The van der Waals surface area contributed by atoms with E-state index < -0.39 is 11.9 Å². The van der Waals surface area contributed by atoms with Crippen LogP contribution in [0.15, 0.2) is 24.3 Å². The van der Waals surface area contributed by atoms with E-state index in [4.69, 9.17) is 10.2 Å². The minimum absolute atomic E-state index is 0.332. The highest BCUT2D eigenvalue weighted by Crippen LogP contribution is 2.15. The van der Waals surface area contributed by atoms with Crippen LogP contribution in [-0.4, -0.2) is 22.2 Å². The van der Waals surface area contributed by atoms with Crippen molar-refractivity contribution in [2.75, 3.05) is 0 Å². The summed E-state index contributed by atoms with van der Waals surface area (Å²) in [7, 11) is 0. The first-order valence-corrected chi connectivity index (χ1v) is 20.3. The van der Waals surface area contributed by atoms with E-state index >= 15 is 0 Å². The first-order valence-electron chi connectivity index (χ1n) is 20.3. The van der Waals surface area contributed by atoms with Gasteiger partial charge in [0, 0.05) is 12.8 Å². The zero-order valence-electron chi connectivity index (χ0n) is 31.1. The molecule has 1 aliphatic rings. The molecule has 0 radical (unpaired) electrons. The SMILES string of the molecule is C1CCCCC1.CCCCCCCC/C=C\CCCCCCCC(=O)O.CCCCCCCC/C=C\CCCCCCCC(=O)O. The summed E-state index contributed by atoms with van der Waals surface area (Å²) in [6, 6.07) is 0. The van der Waals surface area contributed by atoms with Gasteiger partial charge in [0.15, 0.2) is 0 Å². The Bertz CT molecular complexity index is 589. The van der Waals surface area contributed by atoms with E-state index in [0.717, 1.165) is 25.7 Å². The Morgan fingerprint density at radius 3 is 0.826 bits per heavy atom. The van der Waals surface area contributed by atoms with Gasteiger partial charge in [0.2, 0.25) is 0 Å². The van der Waals surface area contributed by atoms with Crippen LogP contribution >= 0.6 is 0 Å². The molecule has 0 amide bonds. The monoisotopic (exact) mass is 649 g/mol. The van der Waals surface area contributed by atoms with Crippen molar-refractivity contribution in [1.82, 2.24) is 0 Å². The van der Waals surface area contributed by atoms with Gasteiger partial charge in [-0.15, -0.1) is 0 Å². The van der Waals surface area contributed by atoms with Crippen LogP contribution in [0.5, 0.6) is 0 Å². The molecule has 4 heteroatoms. The summed E-state index contributed by atoms with van der Waals surface area (Å²) in [4.78, 5) is 20.6. The van der Waals surface area contributed by atoms with E-state index in [-0.39, 0.29) is 0 Å². The molecule has 2 N–H and O–H groups in total. The number of carboxylic acids is 2. The third-order valence-corrected chi connectivity index (χ3v) is 8.80. The van der Waals surface area contributed by atoms with Gasteiger partial charge in [0.05, 0.1) is 0 Å². The summed E-state index contributed by atoms with van der Waals surface area (Å²) in [6.45, 7) is 4.52. The van der Waals surface area contributed by atoms with Gasteiger partial charge in [-0.2, -0.15) is 0 Å². The molecule has 4 nitrogen and oxygen atoms in total. The first kappa shape index (κ1) is 46.5. The Kier molecular flexibility index (Phi) is 43.9. The molecule has 46 heavy (non-hydrogen) atoms. The third kappa shape index (κ3) is 49.3. The van der Waals surface area contributed by atoms with Crippen molar-refractivity contribution in [3.8, 4) is 0 Å². The number of allylic oxidation sites excluding steroid dienone is 4. The minimum atomic E-state index is -0.664. The fraction of sp³-hybridized carbons (Fsp3) is 0.857. The molecule has 1 fully saturated rings. The van der Waals surface area contributed by atoms with Crippen molar-refractivity contribution in [3.05, 3.63) is 24.3 Å². The molecule has 1 saturated carbocycles. The van der Waals surface area contributed by atoms with Gasteiger partial charge in [-0.05, 0) is 64.2 Å². The van der Waals surface area contributed by atoms with Crippen LogP contribution in [0.2, 0.25) is 0 Å². The summed E-state index contributed by atoms with van der Waals surface area (Å²) < 4.78 is 0.